The predicted molar refractivity (Wildman–Crippen MR) is 88.3 cm³/mol. The topological polar surface area (TPSA) is 68.3 Å². The largest absolute Gasteiger partial charge is 0.468 e. The lowest BCUT2D eigenvalue weighted by Crippen LogP contribution is -2.23. The SMILES string of the molecule is O=S(=O)(NCc1ccnc(OCC(F)(F)F)c1)c1ccc2c(c1)CCC2. The normalized spacial score (nSPS) is 14.3. The Hall–Kier alpha value is -2.13. The average Bonchev–Trinajstić information content (AvgIpc) is 3.06. The maximum absolute atomic E-state index is 12.4. The summed E-state index contributed by atoms with van der Waals surface area (Å²) in [6.07, 6.45) is -0.356. The zero-order valence-corrected chi connectivity index (χ0v) is 14.5. The van der Waals surface area contributed by atoms with Crippen LogP contribution >= 0.6 is 0 Å². The summed E-state index contributed by atoms with van der Waals surface area (Å²) >= 11 is 0. The molecular formula is C17H17F3N2O3S. The minimum atomic E-state index is -4.47. The summed E-state index contributed by atoms with van der Waals surface area (Å²) in [7, 11) is -3.72. The Bertz CT molecular complexity index is 898. The van der Waals surface area contributed by atoms with Crippen LogP contribution in [-0.4, -0.2) is 26.2 Å². The summed E-state index contributed by atoms with van der Waals surface area (Å²) in [5.74, 6) is -0.212. The fourth-order valence-electron chi connectivity index (χ4n) is 2.77. The summed E-state index contributed by atoms with van der Waals surface area (Å²) in [5.41, 5.74) is 2.66. The minimum absolute atomic E-state index is 0.0791. The van der Waals surface area contributed by atoms with Gasteiger partial charge in [-0.1, -0.05) is 6.07 Å². The summed E-state index contributed by atoms with van der Waals surface area (Å²) < 4.78 is 68.4. The van der Waals surface area contributed by atoms with Crippen LogP contribution < -0.4 is 9.46 Å². The Labute approximate surface area is 149 Å². The highest BCUT2D eigenvalue weighted by molar-refractivity contribution is 7.89. The zero-order chi connectivity index (χ0) is 18.8. The van der Waals surface area contributed by atoms with Gasteiger partial charge in [-0.3, -0.25) is 0 Å². The molecule has 1 aromatic heterocycles. The number of benzene rings is 1. The van der Waals surface area contributed by atoms with Crippen LogP contribution in [-0.2, 0) is 29.4 Å². The van der Waals surface area contributed by atoms with Gasteiger partial charge in [0.2, 0.25) is 15.9 Å². The number of fused-ring (bicyclic) bond motifs is 1. The van der Waals surface area contributed by atoms with Crippen LogP contribution in [0.25, 0.3) is 0 Å². The van der Waals surface area contributed by atoms with E-state index < -0.39 is 22.8 Å². The van der Waals surface area contributed by atoms with Crippen molar-refractivity contribution in [2.75, 3.05) is 6.61 Å². The van der Waals surface area contributed by atoms with Gasteiger partial charge in [0, 0.05) is 18.8 Å². The number of alkyl halides is 3. The highest BCUT2D eigenvalue weighted by atomic mass is 32.2. The molecule has 0 fully saturated rings. The molecule has 0 unspecified atom stereocenters. The minimum Gasteiger partial charge on any atom is -0.468 e. The Balaban J connectivity index is 1.66. The molecule has 1 aliphatic carbocycles. The first-order valence-electron chi connectivity index (χ1n) is 7.99. The van der Waals surface area contributed by atoms with Crippen molar-refractivity contribution in [2.24, 2.45) is 0 Å². The van der Waals surface area contributed by atoms with Crippen molar-refractivity contribution in [1.29, 1.82) is 0 Å². The van der Waals surface area contributed by atoms with Crippen molar-refractivity contribution < 1.29 is 26.3 Å². The Kier molecular flexibility index (Phi) is 5.19. The molecule has 1 aromatic carbocycles. The predicted octanol–water partition coefficient (Wildman–Crippen LogP) is 2.99. The second-order valence-electron chi connectivity index (χ2n) is 6.01. The molecule has 9 heteroatoms. The number of aromatic nitrogens is 1. The van der Waals surface area contributed by atoms with E-state index in [4.69, 9.17) is 0 Å². The van der Waals surface area contributed by atoms with E-state index in [1.807, 2.05) is 6.07 Å². The van der Waals surface area contributed by atoms with Gasteiger partial charge >= 0.3 is 6.18 Å². The van der Waals surface area contributed by atoms with Gasteiger partial charge in [0.15, 0.2) is 6.61 Å². The fraction of sp³-hybridized carbons (Fsp3) is 0.353. The van der Waals surface area contributed by atoms with E-state index in [9.17, 15) is 21.6 Å². The molecule has 0 saturated carbocycles. The monoisotopic (exact) mass is 386 g/mol. The van der Waals surface area contributed by atoms with Gasteiger partial charge in [-0.2, -0.15) is 13.2 Å². The van der Waals surface area contributed by atoms with E-state index in [1.165, 1.54) is 23.9 Å². The van der Waals surface area contributed by atoms with Crippen LogP contribution in [0.3, 0.4) is 0 Å². The number of rotatable bonds is 6. The number of pyridine rings is 1. The molecule has 0 aliphatic heterocycles. The molecule has 0 radical (unpaired) electrons. The van der Waals surface area contributed by atoms with Crippen LogP contribution in [0, 0.1) is 0 Å². The second-order valence-corrected chi connectivity index (χ2v) is 7.78. The molecule has 3 rings (SSSR count). The van der Waals surface area contributed by atoms with Crippen LogP contribution in [0.5, 0.6) is 5.88 Å². The van der Waals surface area contributed by atoms with E-state index in [2.05, 4.69) is 14.4 Å². The summed E-state index contributed by atoms with van der Waals surface area (Å²) in [4.78, 5) is 3.87. The molecule has 1 N–H and O–H groups in total. The van der Waals surface area contributed by atoms with E-state index in [1.54, 1.807) is 12.1 Å². The highest BCUT2D eigenvalue weighted by Gasteiger charge is 2.28. The van der Waals surface area contributed by atoms with Crippen LogP contribution in [0.15, 0.2) is 41.4 Å². The van der Waals surface area contributed by atoms with Gasteiger partial charge in [0.25, 0.3) is 0 Å². The lowest BCUT2D eigenvalue weighted by molar-refractivity contribution is -0.154. The maximum Gasteiger partial charge on any atom is 0.422 e. The van der Waals surface area contributed by atoms with Gasteiger partial charge in [-0.25, -0.2) is 18.1 Å². The number of ether oxygens (including phenoxy) is 1. The van der Waals surface area contributed by atoms with Crippen LogP contribution in [0.1, 0.15) is 23.1 Å². The molecule has 0 bridgehead atoms. The van der Waals surface area contributed by atoms with Crippen LogP contribution in [0.4, 0.5) is 13.2 Å². The standard InChI is InChI=1S/C17H17F3N2O3S/c18-17(19,20)11-25-16-8-12(6-7-21-16)10-22-26(23,24)15-5-4-13-2-1-3-14(13)9-15/h4-9,22H,1-3,10-11H2. The lowest BCUT2D eigenvalue weighted by Gasteiger charge is -2.11. The van der Waals surface area contributed by atoms with Gasteiger partial charge in [0.05, 0.1) is 4.90 Å². The summed E-state index contributed by atoms with van der Waals surface area (Å²) in [5, 5.41) is 0. The summed E-state index contributed by atoms with van der Waals surface area (Å²) in [6, 6.07) is 7.85. The molecule has 26 heavy (non-hydrogen) atoms. The zero-order valence-electron chi connectivity index (χ0n) is 13.7. The number of hydrogen-bond acceptors (Lipinski definition) is 4. The van der Waals surface area contributed by atoms with Crippen molar-refractivity contribution in [1.82, 2.24) is 9.71 Å². The first kappa shape index (κ1) is 18.7. The number of nitrogens with one attached hydrogen (secondary N) is 1. The van der Waals surface area contributed by atoms with Gasteiger partial charge in [-0.05, 0) is 54.2 Å². The molecule has 0 spiro atoms. The number of aryl methyl sites for hydroxylation is 2. The Morgan fingerprint density at radius 3 is 2.65 bits per heavy atom. The molecular weight excluding hydrogens is 369 g/mol. The molecule has 0 saturated heterocycles. The van der Waals surface area contributed by atoms with E-state index >= 15 is 0 Å². The van der Waals surface area contributed by atoms with Gasteiger partial charge in [0.1, 0.15) is 0 Å². The molecule has 140 valence electrons. The third-order valence-electron chi connectivity index (χ3n) is 4.03. The number of hydrogen-bond donors (Lipinski definition) is 1. The fourth-order valence-corrected chi connectivity index (χ4v) is 3.84. The Morgan fingerprint density at radius 1 is 1.12 bits per heavy atom. The molecule has 2 aromatic rings. The molecule has 0 amide bonds. The van der Waals surface area contributed by atoms with Crippen molar-refractivity contribution in [3.05, 3.63) is 53.2 Å². The summed E-state index contributed by atoms with van der Waals surface area (Å²) in [6.45, 7) is -1.53. The number of sulfonamides is 1. The third-order valence-corrected chi connectivity index (χ3v) is 5.43. The van der Waals surface area contributed by atoms with Gasteiger partial charge in [-0.15, -0.1) is 0 Å². The van der Waals surface area contributed by atoms with E-state index in [0.29, 0.717) is 5.56 Å². The molecule has 1 heterocycles. The van der Waals surface area contributed by atoms with Crippen molar-refractivity contribution in [2.45, 2.75) is 36.9 Å². The van der Waals surface area contributed by atoms with E-state index in [0.717, 1.165) is 24.8 Å². The lowest BCUT2D eigenvalue weighted by atomic mass is 10.1. The molecule has 0 atom stereocenters. The van der Waals surface area contributed by atoms with Crippen LogP contribution in [0.2, 0.25) is 0 Å². The first-order valence-corrected chi connectivity index (χ1v) is 9.47. The number of nitrogens with zero attached hydrogens (tertiary/aromatic N) is 1. The molecule has 5 nitrogen and oxygen atoms in total. The second kappa shape index (κ2) is 7.24. The van der Waals surface area contributed by atoms with Gasteiger partial charge < -0.3 is 4.74 Å². The smallest absolute Gasteiger partial charge is 0.422 e. The quantitative estimate of drug-likeness (QED) is 0.829. The maximum atomic E-state index is 12.4. The number of halogens is 3. The van der Waals surface area contributed by atoms with Crippen molar-refractivity contribution in [3.63, 3.8) is 0 Å². The van der Waals surface area contributed by atoms with E-state index in [-0.39, 0.29) is 17.3 Å². The van der Waals surface area contributed by atoms with Crippen molar-refractivity contribution >= 4 is 10.0 Å². The Morgan fingerprint density at radius 2 is 1.88 bits per heavy atom. The van der Waals surface area contributed by atoms with Crippen molar-refractivity contribution in [3.8, 4) is 5.88 Å². The first-order chi connectivity index (χ1) is 12.2. The highest BCUT2D eigenvalue weighted by Crippen LogP contribution is 2.25. The third kappa shape index (κ3) is 4.73. The average molecular weight is 386 g/mol. The molecule has 1 aliphatic rings.